The van der Waals surface area contributed by atoms with E-state index in [2.05, 4.69) is 15.9 Å². The lowest BCUT2D eigenvalue weighted by molar-refractivity contribution is 0.101. The number of halogens is 1. The van der Waals surface area contributed by atoms with E-state index in [-0.39, 0.29) is 38.3 Å². The van der Waals surface area contributed by atoms with Crippen LogP contribution in [0.25, 0.3) is 0 Å². The van der Waals surface area contributed by atoms with Gasteiger partial charge in [0.1, 0.15) is 0 Å². The third-order valence-corrected chi connectivity index (χ3v) is 4.22. The van der Waals surface area contributed by atoms with Gasteiger partial charge in [-0.25, -0.2) is 0 Å². The number of carbonyl (C=O) groups is 2. The maximum atomic E-state index is 11.1. The molecule has 0 saturated carbocycles. The molecule has 2 aromatic rings. The summed E-state index contributed by atoms with van der Waals surface area (Å²) in [7, 11) is 0. The predicted octanol–water partition coefficient (Wildman–Crippen LogP) is 4.55. The zero-order valence-corrected chi connectivity index (χ0v) is 18.1. The summed E-state index contributed by atoms with van der Waals surface area (Å²) in [6.07, 6.45) is 0.745. The molecule has 29 heavy (non-hydrogen) atoms. The van der Waals surface area contributed by atoms with Crippen molar-refractivity contribution in [1.82, 2.24) is 0 Å². The zero-order valence-electron chi connectivity index (χ0n) is 16.6. The Balaban J connectivity index is 0. The van der Waals surface area contributed by atoms with E-state index >= 15 is 0 Å². The van der Waals surface area contributed by atoms with Crippen molar-refractivity contribution in [1.29, 1.82) is 0 Å². The fraction of sp³-hybridized carbons (Fsp3) is 0.391. The topological polar surface area (TPSA) is 94.8 Å². The molecule has 0 heterocycles. The molecule has 0 aromatic heterocycles. The van der Waals surface area contributed by atoms with E-state index in [1.165, 1.54) is 6.92 Å². The van der Waals surface area contributed by atoms with Crippen molar-refractivity contribution in [3.8, 4) is 0 Å². The number of aliphatic hydroxyl groups is 3. The number of hydrogen-bond acceptors (Lipinski definition) is 5. The number of carbonyl (C=O) groups excluding carboxylic acids is 2. The highest BCUT2D eigenvalue weighted by Crippen LogP contribution is 2.06. The van der Waals surface area contributed by atoms with Crippen molar-refractivity contribution in [2.75, 3.05) is 5.33 Å². The Bertz CT molecular complexity index is 694. The Hall–Kier alpha value is -1.86. The molecular weight excluding hydrogens is 436 g/mol. The lowest BCUT2D eigenvalue weighted by atomic mass is 10.1. The molecule has 5 nitrogen and oxygen atoms in total. The van der Waals surface area contributed by atoms with Crippen LogP contribution in [0.5, 0.6) is 0 Å². The number of aliphatic hydroxyl groups excluding tert-OH is 3. The van der Waals surface area contributed by atoms with Crippen LogP contribution in [-0.2, 0) is 13.2 Å². The Morgan fingerprint density at radius 3 is 1.48 bits per heavy atom. The third-order valence-electron chi connectivity index (χ3n) is 3.71. The smallest absolute Gasteiger partial charge is 0.173 e. The molecule has 0 amide bonds. The van der Waals surface area contributed by atoms with Crippen LogP contribution in [0.15, 0.2) is 48.5 Å². The fourth-order valence-electron chi connectivity index (χ4n) is 1.72. The summed E-state index contributed by atoms with van der Waals surface area (Å²) in [5.74, 6) is 0.106. The number of alkyl halides is 1. The molecule has 0 spiro atoms. The number of benzene rings is 2. The normalized spacial score (nSPS) is 10.3. The van der Waals surface area contributed by atoms with Crippen LogP contribution in [0.3, 0.4) is 0 Å². The van der Waals surface area contributed by atoms with Crippen molar-refractivity contribution >= 4 is 27.5 Å². The van der Waals surface area contributed by atoms with Crippen LogP contribution in [0.1, 0.15) is 66.5 Å². The van der Waals surface area contributed by atoms with Crippen molar-refractivity contribution < 1.29 is 24.9 Å². The Kier molecular flexibility index (Phi) is 17.2. The molecule has 0 bridgehead atoms. The second-order valence-electron chi connectivity index (χ2n) is 6.08. The number of hydrogen-bond donors (Lipinski definition) is 3. The summed E-state index contributed by atoms with van der Waals surface area (Å²) in [6.45, 7) is 5.29. The summed E-state index contributed by atoms with van der Waals surface area (Å²) in [5.41, 5.74) is 3.00. The van der Waals surface area contributed by atoms with Crippen LogP contribution in [0.2, 0.25) is 0 Å². The van der Waals surface area contributed by atoms with E-state index < -0.39 is 0 Å². The van der Waals surface area contributed by atoms with Gasteiger partial charge < -0.3 is 15.3 Å². The SMILES string of the molecule is C.CC(=O)c1ccc(CO)cc1.CCC(C)O.O=C(CBr)c1ccc(CO)cc1. The number of Topliss-reactive ketones (excluding diaryl/α,β-unsaturated/α-hetero) is 2. The van der Waals surface area contributed by atoms with E-state index in [0.29, 0.717) is 16.5 Å². The van der Waals surface area contributed by atoms with Gasteiger partial charge in [-0.3, -0.25) is 9.59 Å². The average Bonchev–Trinajstić information content (AvgIpc) is 2.74. The summed E-state index contributed by atoms with van der Waals surface area (Å²) in [6, 6.07) is 13.9. The summed E-state index contributed by atoms with van der Waals surface area (Å²) >= 11 is 3.09. The number of ketones is 2. The Morgan fingerprint density at radius 1 is 0.897 bits per heavy atom. The monoisotopic (exact) mass is 468 g/mol. The van der Waals surface area contributed by atoms with Crippen LogP contribution >= 0.6 is 15.9 Å². The molecule has 1 unspecified atom stereocenters. The van der Waals surface area contributed by atoms with Gasteiger partial charge in [0.2, 0.25) is 0 Å². The first-order valence-electron chi connectivity index (χ1n) is 8.96. The molecule has 0 radical (unpaired) electrons. The minimum Gasteiger partial charge on any atom is -0.393 e. The molecule has 2 aromatic carbocycles. The van der Waals surface area contributed by atoms with Gasteiger partial charge in [0.25, 0.3) is 0 Å². The van der Waals surface area contributed by atoms with Gasteiger partial charge in [0.15, 0.2) is 11.6 Å². The van der Waals surface area contributed by atoms with Crippen molar-refractivity contribution in [3.05, 3.63) is 70.8 Å². The molecule has 6 heteroatoms. The van der Waals surface area contributed by atoms with Crippen LogP contribution < -0.4 is 0 Å². The van der Waals surface area contributed by atoms with Gasteiger partial charge in [0.05, 0.1) is 24.6 Å². The summed E-state index contributed by atoms with van der Waals surface area (Å²) in [5, 5.41) is 26.1. The molecule has 3 N–H and O–H groups in total. The van der Waals surface area contributed by atoms with Crippen molar-refractivity contribution in [2.24, 2.45) is 0 Å². The molecule has 0 aliphatic heterocycles. The second kappa shape index (κ2) is 17.0. The molecular formula is C23H33BrO5. The van der Waals surface area contributed by atoms with Crippen molar-refractivity contribution in [3.63, 3.8) is 0 Å². The lowest BCUT2D eigenvalue weighted by Gasteiger charge is -1.98. The highest BCUT2D eigenvalue weighted by molar-refractivity contribution is 9.09. The maximum absolute atomic E-state index is 11.1. The first-order valence-corrected chi connectivity index (χ1v) is 10.1. The molecule has 2 rings (SSSR count). The van der Waals surface area contributed by atoms with Crippen LogP contribution in [-0.4, -0.2) is 38.3 Å². The van der Waals surface area contributed by atoms with Gasteiger partial charge >= 0.3 is 0 Å². The Morgan fingerprint density at radius 2 is 1.24 bits per heavy atom. The second-order valence-corrected chi connectivity index (χ2v) is 6.64. The predicted molar refractivity (Wildman–Crippen MR) is 122 cm³/mol. The van der Waals surface area contributed by atoms with Gasteiger partial charge in [-0.2, -0.15) is 0 Å². The van der Waals surface area contributed by atoms with Crippen LogP contribution in [0, 0.1) is 0 Å². The lowest BCUT2D eigenvalue weighted by Crippen LogP contribution is -1.99. The van der Waals surface area contributed by atoms with Gasteiger partial charge in [-0.05, 0) is 31.4 Å². The Labute approximate surface area is 182 Å². The van der Waals surface area contributed by atoms with Gasteiger partial charge in [-0.15, -0.1) is 0 Å². The first-order chi connectivity index (χ1) is 13.3. The largest absolute Gasteiger partial charge is 0.393 e. The van der Waals surface area contributed by atoms with Gasteiger partial charge in [0, 0.05) is 11.1 Å². The fourth-order valence-corrected chi connectivity index (χ4v) is 2.04. The van der Waals surface area contributed by atoms with Gasteiger partial charge in [-0.1, -0.05) is 78.8 Å². The van der Waals surface area contributed by atoms with Crippen LogP contribution in [0.4, 0.5) is 0 Å². The third kappa shape index (κ3) is 13.1. The van der Waals surface area contributed by atoms with E-state index in [0.717, 1.165) is 17.5 Å². The van der Waals surface area contributed by atoms with E-state index in [4.69, 9.17) is 15.3 Å². The van der Waals surface area contributed by atoms with Crippen molar-refractivity contribution in [2.45, 2.75) is 53.9 Å². The molecule has 162 valence electrons. The molecule has 0 aliphatic rings. The number of rotatable bonds is 6. The summed E-state index contributed by atoms with van der Waals surface area (Å²) < 4.78 is 0. The summed E-state index contributed by atoms with van der Waals surface area (Å²) in [4.78, 5) is 21.9. The zero-order chi connectivity index (χ0) is 21.5. The average molecular weight is 469 g/mol. The van der Waals surface area contributed by atoms with E-state index in [1.807, 2.05) is 6.92 Å². The standard InChI is InChI=1S/C9H9BrO2.C9H10O2.C4H10O.CH4/c10-5-9(12)8-3-1-7(6-11)2-4-8;1-7(11)9-4-2-8(6-10)3-5-9;1-3-4(2)5;/h1-4,11H,5-6H2;2-5,10H,6H2,1H3;4-5H,3H2,1-2H3;1H4. The first kappa shape index (κ1) is 29.3. The quantitative estimate of drug-likeness (QED) is 0.426. The highest BCUT2D eigenvalue weighted by Gasteiger charge is 2.02. The molecule has 1 atom stereocenters. The minimum atomic E-state index is -0.116. The molecule has 0 fully saturated rings. The molecule has 0 saturated heterocycles. The highest BCUT2D eigenvalue weighted by atomic mass is 79.9. The minimum absolute atomic E-state index is 0. The van der Waals surface area contributed by atoms with E-state index in [1.54, 1.807) is 55.5 Å². The maximum Gasteiger partial charge on any atom is 0.173 e. The van der Waals surface area contributed by atoms with E-state index in [9.17, 15) is 9.59 Å². The molecule has 0 aliphatic carbocycles.